The highest BCUT2D eigenvalue weighted by Gasteiger charge is 2.33. The van der Waals surface area contributed by atoms with Crippen LogP contribution in [0.2, 0.25) is 0 Å². The van der Waals surface area contributed by atoms with Gasteiger partial charge in [-0.05, 0) is 84.3 Å². The van der Waals surface area contributed by atoms with Crippen molar-refractivity contribution in [3.05, 3.63) is 36.7 Å². The molecule has 73 heavy (non-hydrogen) atoms. The second kappa shape index (κ2) is 30.6. The van der Waals surface area contributed by atoms with Crippen molar-refractivity contribution in [3.63, 3.8) is 0 Å². The number of hydrogen-bond acceptors (Lipinski definition) is 14. The molecular formula is C42H70N20O10S. The summed E-state index contributed by atoms with van der Waals surface area (Å²) in [5.74, 6) is -7.57. The van der Waals surface area contributed by atoms with Gasteiger partial charge in [0.15, 0.2) is 23.8 Å². The SMILES string of the molecule is C[C@H](NC(=O)[C@H](C)NS(=O)(=O)c1cccc2cnccc12)C(=O)N[C@@H](C)C(=O)N[C@@H](CCCN=C(N)N)C(=O)N[C@@H](CCCN=C(N)N)C(=O)N[C@@H](CCCN=C(N)N)C(=O)N[C@@H](CCCN=C(N)N)C(=O)O. The summed E-state index contributed by atoms with van der Waals surface area (Å²) in [6, 6.07) is -3.51. The zero-order chi connectivity index (χ0) is 54.8. The average Bonchev–Trinajstić information content (AvgIpc) is 3.31. The van der Waals surface area contributed by atoms with Gasteiger partial charge in [0.1, 0.15) is 36.3 Å². The van der Waals surface area contributed by atoms with Crippen LogP contribution in [-0.2, 0) is 43.6 Å². The van der Waals surface area contributed by atoms with E-state index >= 15 is 0 Å². The number of aromatic nitrogens is 1. The summed E-state index contributed by atoms with van der Waals surface area (Å²) < 4.78 is 28.9. The van der Waals surface area contributed by atoms with Crippen LogP contribution in [0.4, 0.5) is 0 Å². The number of carboxylic acids is 1. The fraction of sp³-hybridized carbons (Fsp3) is 0.524. The smallest absolute Gasteiger partial charge is 0.326 e. The number of guanidine groups is 4. The van der Waals surface area contributed by atoms with E-state index in [2.05, 4.69) is 61.6 Å². The van der Waals surface area contributed by atoms with Gasteiger partial charge in [0.25, 0.3) is 0 Å². The minimum absolute atomic E-state index is 0.0110. The van der Waals surface area contributed by atoms with Gasteiger partial charge in [-0.3, -0.25) is 53.7 Å². The minimum atomic E-state index is -4.23. The van der Waals surface area contributed by atoms with E-state index in [1.54, 1.807) is 6.07 Å². The third-order valence-electron chi connectivity index (χ3n) is 10.5. The zero-order valence-electron chi connectivity index (χ0n) is 40.9. The molecule has 1 heterocycles. The van der Waals surface area contributed by atoms with Crippen molar-refractivity contribution in [1.29, 1.82) is 0 Å². The van der Waals surface area contributed by atoms with Crippen molar-refractivity contribution in [2.24, 2.45) is 65.8 Å². The van der Waals surface area contributed by atoms with Crippen LogP contribution >= 0.6 is 0 Å². The molecule has 0 fully saturated rings. The van der Waals surface area contributed by atoms with Crippen LogP contribution < -0.4 is 82.5 Å². The topological polar surface area (TPSA) is 529 Å². The highest BCUT2D eigenvalue weighted by Crippen LogP contribution is 2.22. The Labute approximate surface area is 421 Å². The Balaban J connectivity index is 2.29. The average molecular weight is 1050 g/mol. The largest absolute Gasteiger partial charge is 0.480 e. The van der Waals surface area contributed by atoms with E-state index in [4.69, 9.17) is 45.9 Å². The van der Waals surface area contributed by atoms with E-state index in [-0.39, 0.29) is 106 Å². The van der Waals surface area contributed by atoms with Crippen molar-refractivity contribution in [2.45, 2.75) is 119 Å². The standard InChI is InChI=1S/C42H70N20O10S/c1-22(57-34(65)24(3)62-73(71,72)31-14-4-9-25-21-51-20-15-26(25)31)32(63)56-23(2)33(64)58-27(10-5-16-52-39(43)44)35(66)59-28(11-6-17-53-40(45)46)36(67)60-29(12-7-18-54-41(47)48)37(68)61-30(38(69)70)13-8-19-55-42(49)50/h4,9,14-15,20-24,27-30,62H,5-8,10-13,16-19H2,1-3H3,(H,56,63)(H,57,65)(H,58,64)(H,59,66)(H,60,67)(H,61,68)(H,69,70)(H4,43,44,52)(H4,45,46,53)(H4,47,48,54)(H4,49,50,55)/t22-,23-,24-,27-,28-,29-,30-/m0/s1. The maximum absolute atomic E-state index is 14.1. The summed E-state index contributed by atoms with van der Waals surface area (Å²) in [6.07, 6.45) is 3.05. The van der Waals surface area contributed by atoms with E-state index in [1.807, 2.05) is 0 Å². The summed E-state index contributed by atoms with van der Waals surface area (Å²) in [5, 5.41) is 25.7. The van der Waals surface area contributed by atoms with Gasteiger partial charge in [-0.1, -0.05) is 12.1 Å². The molecule has 0 unspecified atom stereocenters. The summed E-state index contributed by atoms with van der Waals surface area (Å²) in [4.78, 5) is 113. The number of rotatable bonds is 32. The quantitative estimate of drug-likeness (QED) is 0.0184. The first-order valence-electron chi connectivity index (χ1n) is 22.9. The van der Waals surface area contributed by atoms with Crippen LogP contribution in [0.15, 0.2) is 61.5 Å². The third kappa shape index (κ3) is 22.7. The van der Waals surface area contributed by atoms with Crippen LogP contribution in [-0.4, -0.2) is 152 Å². The lowest BCUT2D eigenvalue weighted by atomic mass is 10.0. The lowest BCUT2D eigenvalue weighted by Crippen LogP contribution is -2.59. The van der Waals surface area contributed by atoms with Crippen molar-refractivity contribution in [1.82, 2.24) is 41.6 Å². The second-order valence-electron chi connectivity index (χ2n) is 16.5. The van der Waals surface area contributed by atoms with E-state index < -0.39 is 93.7 Å². The highest BCUT2D eigenvalue weighted by atomic mass is 32.2. The summed E-state index contributed by atoms with van der Waals surface area (Å²) in [6.45, 7) is 4.01. The minimum Gasteiger partial charge on any atom is -0.480 e. The van der Waals surface area contributed by atoms with E-state index in [9.17, 15) is 47.1 Å². The number of nitrogens with two attached hydrogens (primary N) is 8. The van der Waals surface area contributed by atoms with Crippen molar-refractivity contribution in [3.8, 4) is 0 Å². The first-order chi connectivity index (χ1) is 34.3. The lowest BCUT2D eigenvalue weighted by Gasteiger charge is -2.27. The maximum atomic E-state index is 14.1. The van der Waals surface area contributed by atoms with Crippen molar-refractivity contribution >= 4 is 86.0 Å². The van der Waals surface area contributed by atoms with E-state index in [1.165, 1.54) is 51.4 Å². The number of sulfonamides is 1. The number of carbonyl (C=O) groups excluding carboxylic acids is 6. The Hall–Kier alpha value is -8.09. The van der Waals surface area contributed by atoms with Crippen molar-refractivity contribution in [2.75, 3.05) is 26.2 Å². The Kier molecular flexibility index (Phi) is 25.6. The molecule has 30 nitrogen and oxygen atoms in total. The van der Waals surface area contributed by atoms with Gasteiger partial charge in [0.05, 0.1) is 10.9 Å². The predicted octanol–water partition coefficient (Wildman–Crippen LogP) is -5.85. The number of carbonyl (C=O) groups is 7. The maximum Gasteiger partial charge on any atom is 0.326 e. The zero-order valence-corrected chi connectivity index (χ0v) is 41.7. The summed E-state index contributed by atoms with van der Waals surface area (Å²) >= 11 is 0. The molecule has 1 aromatic heterocycles. The first-order valence-corrected chi connectivity index (χ1v) is 24.4. The summed E-state index contributed by atoms with van der Waals surface area (Å²) in [7, 11) is -4.23. The number of benzene rings is 1. The fourth-order valence-corrected chi connectivity index (χ4v) is 8.11. The molecule has 0 aliphatic heterocycles. The number of carboxylic acid groups (broad SMARTS) is 1. The molecule has 2 rings (SSSR count). The number of hydrogen-bond donors (Lipinski definition) is 16. The molecule has 0 aliphatic rings. The molecular weight excluding hydrogens is 977 g/mol. The van der Waals surface area contributed by atoms with Gasteiger partial charge in [0.2, 0.25) is 45.5 Å². The number of nitrogens with one attached hydrogen (secondary N) is 7. The summed E-state index contributed by atoms with van der Waals surface area (Å²) in [5.41, 5.74) is 43.4. The molecule has 0 saturated carbocycles. The molecule has 6 amide bonds. The molecule has 0 radical (unpaired) electrons. The number of pyridine rings is 1. The molecule has 7 atom stereocenters. The van der Waals surface area contributed by atoms with Crippen LogP contribution in [0.1, 0.15) is 72.1 Å². The molecule has 24 N–H and O–H groups in total. The van der Waals surface area contributed by atoms with Gasteiger partial charge < -0.3 is 82.9 Å². The molecule has 0 saturated heterocycles. The molecule has 0 aliphatic carbocycles. The Morgan fingerprint density at radius 1 is 0.521 bits per heavy atom. The molecule has 1 aromatic carbocycles. The van der Waals surface area contributed by atoms with Gasteiger partial charge in [-0.15, -0.1) is 0 Å². The molecule has 404 valence electrons. The van der Waals surface area contributed by atoms with E-state index in [0.717, 1.165) is 0 Å². The Morgan fingerprint density at radius 3 is 1.27 bits per heavy atom. The lowest BCUT2D eigenvalue weighted by molar-refractivity contribution is -0.142. The van der Waals surface area contributed by atoms with Crippen molar-refractivity contribution < 1.29 is 47.1 Å². The van der Waals surface area contributed by atoms with Gasteiger partial charge >= 0.3 is 5.97 Å². The molecule has 0 bridgehead atoms. The molecule has 31 heteroatoms. The Morgan fingerprint density at radius 2 is 0.877 bits per heavy atom. The van der Waals surface area contributed by atoms with Crippen LogP contribution in [0.3, 0.4) is 0 Å². The first kappa shape index (κ1) is 61.0. The number of aliphatic imine (C=N–C) groups is 4. The van der Waals surface area contributed by atoms with E-state index in [0.29, 0.717) is 10.8 Å². The van der Waals surface area contributed by atoms with Gasteiger partial charge in [0, 0.05) is 49.3 Å². The van der Waals surface area contributed by atoms with Crippen LogP contribution in [0.5, 0.6) is 0 Å². The highest BCUT2D eigenvalue weighted by molar-refractivity contribution is 7.89. The third-order valence-corrected chi connectivity index (χ3v) is 12.1. The normalized spacial score (nSPS) is 13.9. The fourth-order valence-electron chi connectivity index (χ4n) is 6.68. The molecule has 0 spiro atoms. The second-order valence-corrected chi connectivity index (χ2v) is 18.2. The predicted molar refractivity (Wildman–Crippen MR) is 272 cm³/mol. The number of aliphatic carboxylic acids is 1. The van der Waals surface area contributed by atoms with Gasteiger partial charge in [-0.2, -0.15) is 4.72 Å². The molecule has 2 aromatic rings. The monoisotopic (exact) mass is 1050 g/mol. The van der Waals surface area contributed by atoms with Crippen LogP contribution in [0, 0.1) is 0 Å². The van der Waals surface area contributed by atoms with Crippen LogP contribution in [0.25, 0.3) is 10.8 Å². The number of nitrogens with zero attached hydrogens (tertiary/aromatic N) is 5. The number of amides is 6. The number of fused-ring (bicyclic) bond motifs is 1. The van der Waals surface area contributed by atoms with Gasteiger partial charge in [-0.25, -0.2) is 13.2 Å². The Bertz CT molecular complexity index is 2450.